The Hall–Kier alpha value is -2.67. The first-order valence-electron chi connectivity index (χ1n) is 8.21. The van der Waals surface area contributed by atoms with Crippen molar-refractivity contribution in [3.63, 3.8) is 0 Å². The van der Waals surface area contributed by atoms with Gasteiger partial charge in [-0.15, -0.1) is 11.3 Å². The first-order chi connectivity index (χ1) is 12.3. The Morgan fingerprint density at radius 2 is 2.20 bits per heavy atom. The molecule has 2 aromatic heterocycles. The van der Waals surface area contributed by atoms with Crippen LogP contribution in [0.1, 0.15) is 41.9 Å². The molecule has 1 fully saturated rings. The fourth-order valence-corrected chi connectivity index (χ4v) is 3.30. The van der Waals surface area contributed by atoms with Crippen LogP contribution in [-0.4, -0.2) is 22.7 Å². The number of benzene rings is 1. The molecule has 0 bridgehead atoms. The summed E-state index contributed by atoms with van der Waals surface area (Å²) in [5, 5.41) is 8.85. The molecule has 4 rings (SSSR count). The van der Waals surface area contributed by atoms with E-state index in [1.165, 1.54) is 11.3 Å². The highest BCUT2D eigenvalue weighted by molar-refractivity contribution is 7.14. The minimum absolute atomic E-state index is 0.231. The number of ether oxygens (including phenoxy) is 1. The van der Waals surface area contributed by atoms with Crippen molar-refractivity contribution in [3.05, 3.63) is 47.1 Å². The third kappa shape index (κ3) is 3.28. The molecule has 1 aliphatic rings. The van der Waals surface area contributed by atoms with E-state index in [4.69, 9.17) is 9.26 Å². The quantitative estimate of drug-likeness (QED) is 0.712. The molecule has 1 amide bonds. The van der Waals surface area contributed by atoms with Crippen molar-refractivity contribution in [3.8, 4) is 16.5 Å². The average Bonchev–Trinajstić information content (AvgIpc) is 3.17. The lowest BCUT2D eigenvalue weighted by Crippen LogP contribution is -2.13. The molecule has 25 heavy (non-hydrogen) atoms. The monoisotopic (exact) mass is 355 g/mol. The lowest BCUT2D eigenvalue weighted by molar-refractivity contribution is 0.102. The topological polar surface area (TPSA) is 77.2 Å². The molecule has 0 spiro atoms. The van der Waals surface area contributed by atoms with Crippen LogP contribution in [0.3, 0.4) is 0 Å². The SMILES string of the molecule is CCOc1ccccc1C(=O)Nc1ccsc1-c1nc(C2CC2)no1. The summed E-state index contributed by atoms with van der Waals surface area (Å²) in [4.78, 5) is 17.9. The maximum Gasteiger partial charge on any atom is 0.270 e. The van der Waals surface area contributed by atoms with Crippen LogP contribution in [0.2, 0.25) is 0 Å². The van der Waals surface area contributed by atoms with Gasteiger partial charge in [-0.05, 0) is 43.3 Å². The molecule has 1 N–H and O–H groups in total. The van der Waals surface area contributed by atoms with Crippen molar-refractivity contribution in [2.75, 3.05) is 11.9 Å². The summed E-state index contributed by atoms with van der Waals surface area (Å²) in [6.45, 7) is 2.39. The van der Waals surface area contributed by atoms with Crippen LogP contribution in [0.25, 0.3) is 10.8 Å². The molecule has 7 heteroatoms. The summed E-state index contributed by atoms with van der Waals surface area (Å²) in [5.74, 6) is 1.96. The van der Waals surface area contributed by atoms with Gasteiger partial charge in [-0.2, -0.15) is 4.98 Å². The van der Waals surface area contributed by atoms with Gasteiger partial charge in [0.05, 0.1) is 17.9 Å². The molecule has 0 atom stereocenters. The van der Waals surface area contributed by atoms with E-state index in [2.05, 4.69) is 15.5 Å². The third-order valence-corrected chi connectivity index (χ3v) is 4.83. The van der Waals surface area contributed by atoms with Gasteiger partial charge >= 0.3 is 0 Å². The molecule has 1 saturated carbocycles. The van der Waals surface area contributed by atoms with Crippen LogP contribution in [0.15, 0.2) is 40.2 Å². The van der Waals surface area contributed by atoms with Crippen LogP contribution in [-0.2, 0) is 0 Å². The number of nitrogens with one attached hydrogen (secondary N) is 1. The molecule has 0 unspecified atom stereocenters. The summed E-state index contributed by atoms with van der Waals surface area (Å²) in [5.41, 5.74) is 1.15. The van der Waals surface area contributed by atoms with E-state index in [0.717, 1.165) is 23.5 Å². The first kappa shape index (κ1) is 15.8. The van der Waals surface area contributed by atoms with Crippen molar-refractivity contribution in [2.45, 2.75) is 25.7 Å². The van der Waals surface area contributed by atoms with Gasteiger partial charge in [0.25, 0.3) is 11.8 Å². The Morgan fingerprint density at radius 1 is 1.36 bits per heavy atom. The standard InChI is InChI=1S/C18H17N3O3S/c1-2-23-14-6-4-3-5-12(14)17(22)19-13-9-10-25-15(13)18-20-16(21-24-18)11-7-8-11/h3-6,9-11H,2,7-8H2,1H3,(H,19,22). The van der Waals surface area contributed by atoms with Crippen LogP contribution < -0.4 is 10.1 Å². The Kier molecular flexibility index (Phi) is 4.23. The number of rotatable bonds is 6. The average molecular weight is 355 g/mol. The van der Waals surface area contributed by atoms with Gasteiger partial charge in [0.2, 0.25) is 0 Å². The molecular weight excluding hydrogens is 338 g/mol. The van der Waals surface area contributed by atoms with Gasteiger partial charge in [-0.1, -0.05) is 17.3 Å². The zero-order chi connectivity index (χ0) is 17.2. The summed E-state index contributed by atoms with van der Waals surface area (Å²) >= 11 is 1.46. The maximum atomic E-state index is 12.7. The molecular formula is C18H17N3O3S. The number of para-hydroxylation sites is 1. The maximum absolute atomic E-state index is 12.7. The van der Waals surface area contributed by atoms with E-state index < -0.39 is 0 Å². The first-order valence-corrected chi connectivity index (χ1v) is 9.09. The Morgan fingerprint density at radius 3 is 3.00 bits per heavy atom. The Bertz CT molecular complexity index is 898. The Balaban J connectivity index is 1.57. The van der Waals surface area contributed by atoms with Crippen molar-refractivity contribution < 1.29 is 14.1 Å². The van der Waals surface area contributed by atoms with E-state index in [1.54, 1.807) is 12.1 Å². The van der Waals surface area contributed by atoms with Crippen molar-refractivity contribution in [2.24, 2.45) is 0 Å². The van der Waals surface area contributed by atoms with Crippen molar-refractivity contribution >= 4 is 22.9 Å². The third-order valence-electron chi connectivity index (χ3n) is 3.92. The number of carbonyl (C=O) groups is 1. The number of carbonyl (C=O) groups excluding carboxylic acids is 1. The normalized spacial score (nSPS) is 13.6. The molecule has 1 aliphatic carbocycles. The largest absolute Gasteiger partial charge is 0.493 e. The predicted molar refractivity (Wildman–Crippen MR) is 95.2 cm³/mol. The van der Waals surface area contributed by atoms with E-state index in [9.17, 15) is 4.79 Å². The minimum Gasteiger partial charge on any atom is -0.493 e. The van der Waals surface area contributed by atoms with Crippen molar-refractivity contribution in [1.82, 2.24) is 10.1 Å². The summed E-state index contributed by atoms with van der Waals surface area (Å²) in [6, 6.07) is 9.01. The number of thiophene rings is 1. The van der Waals surface area contributed by atoms with Gasteiger partial charge in [-0.3, -0.25) is 4.79 Å². The second-order valence-corrected chi connectivity index (χ2v) is 6.69. The Labute approximate surface area is 148 Å². The van der Waals surface area contributed by atoms with Crippen LogP contribution >= 0.6 is 11.3 Å². The van der Waals surface area contributed by atoms with Gasteiger partial charge in [-0.25, -0.2) is 0 Å². The highest BCUT2D eigenvalue weighted by Gasteiger charge is 2.29. The van der Waals surface area contributed by atoms with Gasteiger partial charge < -0.3 is 14.6 Å². The molecule has 2 heterocycles. The molecule has 128 valence electrons. The van der Waals surface area contributed by atoms with Gasteiger partial charge in [0.15, 0.2) is 5.82 Å². The second-order valence-electron chi connectivity index (χ2n) is 5.78. The predicted octanol–water partition coefficient (Wildman–Crippen LogP) is 4.33. The zero-order valence-corrected chi connectivity index (χ0v) is 14.5. The fraction of sp³-hybridized carbons (Fsp3) is 0.278. The zero-order valence-electron chi connectivity index (χ0n) is 13.7. The fourth-order valence-electron chi connectivity index (χ4n) is 2.53. The summed E-state index contributed by atoms with van der Waals surface area (Å²) < 4.78 is 10.9. The number of anilines is 1. The number of nitrogens with zero attached hydrogens (tertiary/aromatic N) is 2. The van der Waals surface area contributed by atoms with Gasteiger partial charge in [0, 0.05) is 5.92 Å². The molecule has 6 nitrogen and oxygen atoms in total. The number of aromatic nitrogens is 2. The molecule has 3 aromatic rings. The number of hydrogen-bond acceptors (Lipinski definition) is 6. The van der Waals surface area contributed by atoms with Crippen LogP contribution in [0.4, 0.5) is 5.69 Å². The van der Waals surface area contributed by atoms with Crippen LogP contribution in [0, 0.1) is 0 Å². The van der Waals surface area contributed by atoms with E-state index >= 15 is 0 Å². The number of amides is 1. The lowest BCUT2D eigenvalue weighted by Gasteiger charge is -2.10. The minimum atomic E-state index is -0.231. The number of hydrogen-bond donors (Lipinski definition) is 1. The summed E-state index contributed by atoms with van der Waals surface area (Å²) in [6.07, 6.45) is 2.22. The second kappa shape index (κ2) is 6.68. The van der Waals surface area contributed by atoms with Crippen molar-refractivity contribution in [1.29, 1.82) is 0 Å². The highest BCUT2D eigenvalue weighted by atomic mass is 32.1. The smallest absolute Gasteiger partial charge is 0.270 e. The van der Waals surface area contributed by atoms with E-state index in [-0.39, 0.29) is 5.91 Å². The molecule has 1 aromatic carbocycles. The molecule has 0 aliphatic heterocycles. The van der Waals surface area contributed by atoms with E-state index in [1.807, 2.05) is 30.5 Å². The molecule has 0 radical (unpaired) electrons. The highest BCUT2D eigenvalue weighted by Crippen LogP contribution is 2.40. The van der Waals surface area contributed by atoms with Gasteiger partial charge in [0.1, 0.15) is 10.6 Å². The molecule has 0 saturated heterocycles. The lowest BCUT2D eigenvalue weighted by atomic mass is 10.2. The van der Waals surface area contributed by atoms with Crippen LogP contribution in [0.5, 0.6) is 5.75 Å². The summed E-state index contributed by atoms with van der Waals surface area (Å²) in [7, 11) is 0. The van der Waals surface area contributed by atoms with E-state index in [0.29, 0.717) is 35.4 Å².